The molecular formula is C11H15N3O5. The number of hydrogen-bond donors (Lipinski definition) is 2. The normalized spacial score (nSPS) is 11.2. The molecule has 1 aromatic heterocycles. The fourth-order valence-corrected chi connectivity index (χ4v) is 1.66. The van der Waals surface area contributed by atoms with Gasteiger partial charge in [-0.2, -0.15) is 0 Å². The molecule has 2 N–H and O–H groups in total. The number of nitrogens with zero attached hydrogens (tertiary/aromatic N) is 3. The van der Waals surface area contributed by atoms with Crippen molar-refractivity contribution in [1.29, 1.82) is 0 Å². The first-order valence-electron chi connectivity index (χ1n) is 5.43. The van der Waals surface area contributed by atoms with E-state index in [2.05, 4.69) is 4.98 Å². The molecule has 0 saturated heterocycles. The van der Waals surface area contributed by atoms with Gasteiger partial charge in [0, 0.05) is 19.7 Å². The van der Waals surface area contributed by atoms with E-state index in [1.165, 1.54) is 4.90 Å². The fourth-order valence-electron chi connectivity index (χ4n) is 1.66. The van der Waals surface area contributed by atoms with Gasteiger partial charge in [-0.15, -0.1) is 0 Å². The molecule has 104 valence electrons. The second-order valence-electron chi connectivity index (χ2n) is 4.80. The lowest BCUT2D eigenvalue weighted by Gasteiger charge is -2.27. The smallest absolute Gasteiger partial charge is 0.339 e. The van der Waals surface area contributed by atoms with Crippen LogP contribution in [0.15, 0.2) is 12.3 Å². The topological polar surface area (TPSA) is 117 Å². The Morgan fingerprint density at radius 2 is 2.16 bits per heavy atom. The van der Waals surface area contributed by atoms with Gasteiger partial charge < -0.3 is 15.1 Å². The van der Waals surface area contributed by atoms with Crippen LogP contribution in [0, 0.1) is 10.1 Å². The summed E-state index contributed by atoms with van der Waals surface area (Å²) in [6.45, 7) is 3.27. The minimum absolute atomic E-state index is 0.0697. The van der Waals surface area contributed by atoms with Crippen LogP contribution in [0.1, 0.15) is 24.2 Å². The van der Waals surface area contributed by atoms with E-state index in [4.69, 9.17) is 5.11 Å². The van der Waals surface area contributed by atoms with Gasteiger partial charge >= 0.3 is 5.97 Å². The van der Waals surface area contributed by atoms with Crippen molar-refractivity contribution < 1.29 is 19.9 Å². The van der Waals surface area contributed by atoms with E-state index in [0.717, 1.165) is 12.3 Å². The number of nitro groups is 1. The van der Waals surface area contributed by atoms with Gasteiger partial charge in [-0.1, -0.05) is 0 Å². The minimum atomic E-state index is -1.31. The van der Waals surface area contributed by atoms with Crippen molar-refractivity contribution in [2.75, 3.05) is 18.5 Å². The molecule has 0 bridgehead atoms. The number of carboxylic acids is 1. The molecule has 0 atom stereocenters. The number of hydrogen-bond acceptors (Lipinski definition) is 6. The number of carboxylic acid groups (broad SMARTS) is 1. The quantitative estimate of drug-likeness (QED) is 0.602. The third-order valence-corrected chi connectivity index (χ3v) is 2.28. The highest BCUT2D eigenvalue weighted by Crippen LogP contribution is 2.22. The number of anilines is 1. The van der Waals surface area contributed by atoms with E-state index >= 15 is 0 Å². The summed E-state index contributed by atoms with van der Waals surface area (Å²) < 4.78 is 0. The molecule has 0 aliphatic heterocycles. The predicted molar refractivity (Wildman–Crippen MR) is 67.4 cm³/mol. The zero-order valence-corrected chi connectivity index (χ0v) is 10.8. The first-order chi connectivity index (χ1) is 8.61. The molecule has 0 fully saturated rings. The Morgan fingerprint density at radius 1 is 1.58 bits per heavy atom. The lowest BCUT2D eigenvalue weighted by molar-refractivity contribution is -0.385. The number of aliphatic hydroxyl groups is 1. The van der Waals surface area contributed by atoms with Crippen LogP contribution in [0.3, 0.4) is 0 Å². The Bertz CT molecular complexity index is 510. The summed E-state index contributed by atoms with van der Waals surface area (Å²) in [6, 6.07) is 0.950. The molecule has 0 saturated carbocycles. The summed E-state index contributed by atoms with van der Waals surface area (Å²) in [5.41, 5.74) is -1.72. The number of rotatable bonds is 5. The van der Waals surface area contributed by atoms with Crippen LogP contribution in [0.5, 0.6) is 0 Å². The van der Waals surface area contributed by atoms with E-state index in [1.54, 1.807) is 20.9 Å². The second-order valence-corrected chi connectivity index (χ2v) is 4.80. The molecule has 0 aliphatic rings. The molecule has 0 unspecified atom stereocenters. The van der Waals surface area contributed by atoms with Crippen LogP contribution in [0.25, 0.3) is 0 Å². The van der Waals surface area contributed by atoms with Gasteiger partial charge in [-0.05, 0) is 13.8 Å². The van der Waals surface area contributed by atoms with Crippen LogP contribution < -0.4 is 4.90 Å². The largest absolute Gasteiger partial charge is 0.478 e. The van der Waals surface area contributed by atoms with E-state index in [0.29, 0.717) is 0 Å². The second kappa shape index (κ2) is 5.19. The van der Waals surface area contributed by atoms with Crippen molar-refractivity contribution >= 4 is 17.5 Å². The summed E-state index contributed by atoms with van der Waals surface area (Å²) >= 11 is 0. The summed E-state index contributed by atoms with van der Waals surface area (Å²) in [6.07, 6.45) is 0.989. The number of aromatic carboxylic acids is 1. The average molecular weight is 269 g/mol. The van der Waals surface area contributed by atoms with Crippen LogP contribution in [0.2, 0.25) is 0 Å². The molecule has 0 aromatic carbocycles. The molecule has 1 rings (SSSR count). The van der Waals surface area contributed by atoms with E-state index < -0.39 is 22.2 Å². The monoisotopic (exact) mass is 269 g/mol. The minimum Gasteiger partial charge on any atom is -0.478 e. The third-order valence-electron chi connectivity index (χ3n) is 2.28. The SMILES string of the molecule is CN(CC(C)(C)O)c1ncc([N+](=O)[O-])cc1C(=O)O. The standard InChI is InChI=1S/C11H15N3O5/c1-11(2,17)6-13(3)9-8(10(15)16)4-7(5-12-9)14(18)19/h4-5,17H,6H2,1-3H3,(H,15,16). The van der Waals surface area contributed by atoms with Crippen molar-refractivity contribution in [1.82, 2.24) is 4.98 Å². The van der Waals surface area contributed by atoms with Crippen molar-refractivity contribution in [3.63, 3.8) is 0 Å². The van der Waals surface area contributed by atoms with Crippen LogP contribution >= 0.6 is 0 Å². The molecule has 19 heavy (non-hydrogen) atoms. The number of pyridine rings is 1. The zero-order valence-electron chi connectivity index (χ0n) is 10.8. The average Bonchev–Trinajstić information content (AvgIpc) is 2.25. The lowest BCUT2D eigenvalue weighted by atomic mass is 10.1. The highest BCUT2D eigenvalue weighted by atomic mass is 16.6. The third kappa shape index (κ3) is 3.88. The van der Waals surface area contributed by atoms with Gasteiger partial charge in [0.15, 0.2) is 0 Å². The van der Waals surface area contributed by atoms with E-state index in [1.807, 2.05) is 0 Å². The van der Waals surface area contributed by atoms with Crippen molar-refractivity contribution in [2.24, 2.45) is 0 Å². The van der Waals surface area contributed by atoms with Gasteiger partial charge in [0.1, 0.15) is 17.6 Å². The Morgan fingerprint density at radius 3 is 2.58 bits per heavy atom. The van der Waals surface area contributed by atoms with E-state index in [9.17, 15) is 20.0 Å². The van der Waals surface area contributed by atoms with Crippen molar-refractivity contribution in [2.45, 2.75) is 19.4 Å². The number of aromatic nitrogens is 1. The van der Waals surface area contributed by atoms with Gasteiger partial charge in [-0.3, -0.25) is 10.1 Å². The molecule has 0 spiro atoms. The number of likely N-dealkylation sites (N-methyl/N-ethyl adjacent to an activating group) is 1. The maximum Gasteiger partial charge on any atom is 0.339 e. The van der Waals surface area contributed by atoms with Gasteiger partial charge in [0.05, 0.1) is 10.5 Å². The Balaban J connectivity index is 3.20. The molecule has 1 heterocycles. The molecule has 8 heteroatoms. The lowest BCUT2D eigenvalue weighted by Crippen LogP contribution is -2.37. The molecule has 0 aliphatic carbocycles. The Kier molecular flexibility index (Phi) is 4.05. The predicted octanol–water partition coefficient (Wildman–Crippen LogP) is 0.895. The summed E-state index contributed by atoms with van der Waals surface area (Å²) in [4.78, 5) is 26.2. The maximum atomic E-state index is 11.1. The van der Waals surface area contributed by atoms with Crippen LogP contribution in [-0.4, -0.2) is 45.3 Å². The molecule has 0 radical (unpaired) electrons. The summed E-state index contributed by atoms with van der Waals surface area (Å²) in [5.74, 6) is -1.24. The van der Waals surface area contributed by atoms with Gasteiger partial charge in [0.2, 0.25) is 0 Å². The Labute approximate surface area is 109 Å². The van der Waals surface area contributed by atoms with Gasteiger partial charge in [-0.25, -0.2) is 9.78 Å². The molecule has 8 nitrogen and oxygen atoms in total. The van der Waals surface area contributed by atoms with Crippen molar-refractivity contribution in [3.8, 4) is 0 Å². The van der Waals surface area contributed by atoms with Crippen LogP contribution in [-0.2, 0) is 0 Å². The number of carbonyl (C=O) groups is 1. The summed E-state index contributed by atoms with van der Waals surface area (Å²) in [7, 11) is 1.55. The first kappa shape index (κ1) is 14.8. The molecule has 0 amide bonds. The molecule has 1 aromatic rings. The highest BCUT2D eigenvalue weighted by molar-refractivity contribution is 5.94. The zero-order chi connectivity index (χ0) is 14.8. The maximum absolute atomic E-state index is 11.1. The summed E-state index contributed by atoms with van der Waals surface area (Å²) in [5, 5.41) is 29.4. The molecular weight excluding hydrogens is 254 g/mol. The highest BCUT2D eigenvalue weighted by Gasteiger charge is 2.23. The van der Waals surface area contributed by atoms with Crippen molar-refractivity contribution in [3.05, 3.63) is 27.9 Å². The first-order valence-corrected chi connectivity index (χ1v) is 5.43. The Hall–Kier alpha value is -2.22. The van der Waals surface area contributed by atoms with Gasteiger partial charge in [0.25, 0.3) is 5.69 Å². The van der Waals surface area contributed by atoms with Crippen LogP contribution in [0.4, 0.5) is 11.5 Å². The fraction of sp³-hybridized carbons (Fsp3) is 0.455. The van der Waals surface area contributed by atoms with E-state index in [-0.39, 0.29) is 17.9 Å².